The molecule has 0 aliphatic carbocycles. The third-order valence-corrected chi connectivity index (χ3v) is 2.15. The van der Waals surface area contributed by atoms with Crippen molar-refractivity contribution in [1.29, 1.82) is 0 Å². The minimum Gasteiger partial charge on any atom is -0.317 e. The number of hydrogen-bond donors (Lipinski definition) is 1. The van der Waals surface area contributed by atoms with E-state index in [0.29, 0.717) is 5.92 Å². The van der Waals surface area contributed by atoms with E-state index in [-0.39, 0.29) is 0 Å². The van der Waals surface area contributed by atoms with Gasteiger partial charge >= 0.3 is 0 Å². The number of nitrogens with zero attached hydrogens (tertiary/aromatic N) is 2. The van der Waals surface area contributed by atoms with Crippen molar-refractivity contribution >= 4 is 0 Å². The van der Waals surface area contributed by atoms with Gasteiger partial charge in [-0.1, -0.05) is 13.8 Å². The van der Waals surface area contributed by atoms with Crippen LogP contribution in [0.1, 0.15) is 31.7 Å². The maximum absolute atomic E-state index is 4.00. The van der Waals surface area contributed by atoms with E-state index < -0.39 is 0 Å². The zero-order valence-electron chi connectivity index (χ0n) is 8.33. The highest BCUT2D eigenvalue weighted by atomic mass is 14.8. The summed E-state index contributed by atoms with van der Waals surface area (Å²) in [6.45, 7) is 6.43. The van der Waals surface area contributed by atoms with Crippen LogP contribution in [0.3, 0.4) is 0 Å². The molecule has 3 heteroatoms. The highest BCUT2D eigenvalue weighted by molar-refractivity contribution is 5.08. The van der Waals surface area contributed by atoms with Crippen molar-refractivity contribution in [2.24, 2.45) is 0 Å². The summed E-state index contributed by atoms with van der Waals surface area (Å²) in [5, 5.41) is 3.31. The van der Waals surface area contributed by atoms with Gasteiger partial charge in [-0.05, 0) is 31.0 Å². The Hall–Kier alpha value is -0.960. The van der Waals surface area contributed by atoms with Crippen LogP contribution in [0.2, 0.25) is 0 Å². The molecule has 0 spiro atoms. The van der Waals surface area contributed by atoms with E-state index in [0.717, 1.165) is 19.5 Å². The van der Waals surface area contributed by atoms with Crippen LogP contribution in [0, 0.1) is 0 Å². The Balaban J connectivity index is 2.35. The first kappa shape index (κ1) is 10.1. The van der Waals surface area contributed by atoms with Crippen molar-refractivity contribution in [2.75, 3.05) is 13.1 Å². The number of hydrogen-bond acceptors (Lipinski definition) is 3. The van der Waals surface area contributed by atoms with Gasteiger partial charge in [0.2, 0.25) is 0 Å². The summed E-state index contributed by atoms with van der Waals surface area (Å²) in [5.74, 6) is 0.542. The highest BCUT2D eigenvalue weighted by Crippen LogP contribution is 2.15. The van der Waals surface area contributed by atoms with E-state index in [1.165, 1.54) is 5.56 Å². The standard InChI is InChI=1S/C10H17N3/c1-3-11-5-4-9(2)10-6-12-8-13-7-10/h6-9,11H,3-5H2,1-2H3. The van der Waals surface area contributed by atoms with Gasteiger partial charge in [-0.2, -0.15) is 0 Å². The van der Waals surface area contributed by atoms with E-state index in [1.54, 1.807) is 6.33 Å². The molecule has 0 aliphatic rings. The molecule has 0 saturated carbocycles. The Kier molecular flexibility index (Phi) is 4.40. The quantitative estimate of drug-likeness (QED) is 0.697. The maximum atomic E-state index is 4.00. The number of nitrogens with one attached hydrogen (secondary N) is 1. The van der Waals surface area contributed by atoms with Gasteiger partial charge in [0.15, 0.2) is 0 Å². The average Bonchev–Trinajstić information content (AvgIpc) is 2.19. The third-order valence-electron chi connectivity index (χ3n) is 2.15. The predicted octanol–water partition coefficient (Wildman–Crippen LogP) is 1.58. The van der Waals surface area contributed by atoms with Crippen LogP contribution < -0.4 is 5.32 Å². The van der Waals surface area contributed by atoms with Gasteiger partial charge in [0.05, 0.1) is 0 Å². The zero-order chi connectivity index (χ0) is 9.52. The molecule has 0 aromatic carbocycles. The molecular weight excluding hydrogens is 162 g/mol. The van der Waals surface area contributed by atoms with Crippen molar-refractivity contribution in [3.63, 3.8) is 0 Å². The van der Waals surface area contributed by atoms with E-state index >= 15 is 0 Å². The molecule has 1 heterocycles. The Morgan fingerprint density at radius 3 is 2.69 bits per heavy atom. The first-order valence-electron chi connectivity index (χ1n) is 4.80. The molecular formula is C10H17N3. The molecule has 72 valence electrons. The second-order valence-electron chi connectivity index (χ2n) is 3.22. The van der Waals surface area contributed by atoms with Crippen molar-refractivity contribution < 1.29 is 0 Å². The summed E-state index contributed by atoms with van der Waals surface area (Å²) in [5.41, 5.74) is 1.22. The van der Waals surface area contributed by atoms with E-state index in [2.05, 4.69) is 29.1 Å². The lowest BCUT2D eigenvalue weighted by Gasteiger charge is -2.10. The van der Waals surface area contributed by atoms with Crippen molar-refractivity contribution in [3.05, 3.63) is 24.3 Å². The summed E-state index contributed by atoms with van der Waals surface area (Å²) >= 11 is 0. The summed E-state index contributed by atoms with van der Waals surface area (Å²) < 4.78 is 0. The minimum absolute atomic E-state index is 0.542. The SMILES string of the molecule is CCNCCC(C)c1cncnc1. The largest absolute Gasteiger partial charge is 0.317 e. The van der Waals surface area contributed by atoms with Gasteiger partial charge in [0.1, 0.15) is 6.33 Å². The molecule has 0 radical (unpaired) electrons. The number of rotatable bonds is 5. The van der Waals surface area contributed by atoms with Crippen LogP contribution in [0.5, 0.6) is 0 Å². The lowest BCUT2D eigenvalue weighted by atomic mass is 10.0. The molecule has 1 rings (SSSR count). The maximum Gasteiger partial charge on any atom is 0.115 e. The van der Waals surface area contributed by atoms with Crippen LogP contribution in [0.15, 0.2) is 18.7 Å². The molecule has 13 heavy (non-hydrogen) atoms. The fraction of sp³-hybridized carbons (Fsp3) is 0.600. The molecule has 3 nitrogen and oxygen atoms in total. The first-order chi connectivity index (χ1) is 6.34. The molecule has 1 N–H and O–H groups in total. The molecule has 0 bridgehead atoms. The van der Waals surface area contributed by atoms with Crippen molar-refractivity contribution in [3.8, 4) is 0 Å². The van der Waals surface area contributed by atoms with Gasteiger partial charge < -0.3 is 5.32 Å². The second kappa shape index (κ2) is 5.65. The molecule has 1 atom stereocenters. The second-order valence-corrected chi connectivity index (χ2v) is 3.22. The average molecular weight is 179 g/mol. The zero-order valence-corrected chi connectivity index (χ0v) is 8.33. The molecule has 0 fully saturated rings. The van der Waals surface area contributed by atoms with Crippen molar-refractivity contribution in [1.82, 2.24) is 15.3 Å². The Bertz CT molecular complexity index is 223. The Morgan fingerprint density at radius 2 is 2.08 bits per heavy atom. The van der Waals surface area contributed by atoms with Crippen LogP contribution in [-0.2, 0) is 0 Å². The van der Waals surface area contributed by atoms with Gasteiger partial charge in [-0.25, -0.2) is 9.97 Å². The van der Waals surface area contributed by atoms with E-state index in [9.17, 15) is 0 Å². The lowest BCUT2D eigenvalue weighted by Crippen LogP contribution is -2.16. The fourth-order valence-corrected chi connectivity index (χ4v) is 1.23. The van der Waals surface area contributed by atoms with Gasteiger partial charge in [0, 0.05) is 12.4 Å². The van der Waals surface area contributed by atoms with Crippen LogP contribution in [0.25, 0.3) is 0 Å². The molecule has 0 amide bonds. The van der Waals surface area contributed by atoms with Crippen LogP contribution in [-0.4, -0.2) is 23.1 Å². The van der Waals surface area contributed by atoms with Crippen LogP contribution in [0.4, 0.5) is 0 Å². The normalized spacial score (nSPS) is 12.8. The molecule has 0 saturated heterocycles. The molecule has 0 aliphatic heterocycles. The minimum atomic E-state index is 0.542. The van der Waals surface area contributed by atoms with Gasteiger partial charge in [0.25, 0.3) is 0 Å². The fourth-order valence-electron chi connectivity index (χ4n) is 1.23. The highest BCUT2D eigenvalue weighted by Gasteiger charge is 2.04. The molecule has 1 aromatic heterocycles. The van der Waals surface area contributed by atoms with E-state index in [4.69, 9.17) is 0 Å². The number of aromatic nitrogens is 2. The van der Waals surface area contributed by atoms with Gasteiger partial charge in [-0.15, -0.1) is 0 Å². The third kappa shape index (κ3) is 3.51. The summed E-state index contributed by atoms with van der Waals surface area (Å²) in [7, 11) is 0. The Morgan fingerprint density at radius 1 is 1.38 bits per heavy atom. The smallest absolute Gasteiger partial charge is 0.115 e. The monoisotopic (exact) mass is 179 g/mol. The summed E-state index contributed by atoms with van der Waals surface area (Å²) in [6.07, 6.45) is 6.49. The van der Waals surface area contributed by atoms with Crippen LogP contribution >= 0.6 is 0 Å². The summed E-state index contributed by atoms with van der Waals surface area (Å²) in [4.78, 5) is 8.00. The summed E-state index contributed by atoms with van der Waals surface area (Å²) in [6, 6.07) is 0. The van der Waals surface area contributed by atoms with Crippen molar-refractivity contribution in [2.45, 2.75) is 26.2 Å². The lowest BCUT2D eigenvalue weighted by molar-refractivity contribution is 0.606. The topological polar surface area (TPSA) is 37.8 Å². The predicted molar refractivity (Wildman–Crippen MR) is 53.6 cm³/mol. The van der Waals surface area contributed by atoms with E-state index in [1.807, 2.05) is 12.4 Å². The Labute approximate surface area is 79.6 Å². The molecule has 1 unspecified atom stereocenters. The first-order valence-corrected chi connectivity index (χ1v) is 4.80. The molecule has 1 aromatic rings. The van der Waals surface area contributed by atoms with Gasteiger partial charge in [-0.3, -0.25) is 0 Å².